The number of hydrogen-bond donors (Lipinski definition) is 1. The number of carbonyl (C=O) groups excluding carboxylic acids is 1. The quantitative estimate of drug-likeness (QED) is 0.638. The van der Waals surface area contributed by atoms with E-state index in [-0.39, 0.29) is 5.91 Å². The normalized spacial score (nSPS) is 12.6. The molecule has 144 valence electrons. The second kappa shape index (κ2) is 8.65. The van der Waals surface area contributed by atoms with Gasteiger partial charge in [0.05, 0.1) is 6.54 Å². The number of nitrogens with one attached hydrogen (secondary N) is 1. The topological polar surface area (TPSA) is 56.8 Å². The molecule has 0 aromatic heterocycles. The van der Waals surface area contributed by atoms with Crippen molar-refractivity contribution >= 4 is 16.7 Å². The van der Waals surface area contributed by atoms with Crippen molar-refractivity contribution in [2.75, 3.05) is 26.4 Å². The fourth-order valence-corrected chi connectivity index (χ4v) is 3.26. The summed E-state index contributed by atoms with van der Waals surface area (Å²) in [6, 6.07) is 19.9. The number of aryl methyl sites for hydroxylation is 1. The molecule has 0 fully saturated rings. The molecule has 1 aliphatic heterocycles. The Kier molecular flexibility index (Phi) is 5.61. The van der Waals surface area contributed by atoms with Gasteiger partial charge in [-0.2, -0.15) is 0 Å². The van der Waals surface area contributed by atoms with Gasteiger partial charge in [-0.05, 0) is 35.6 Å². The molecule has 0 saturated carbocycles. The molecule has 0 saturated heterocycles. The molecule has 1 N–H and O–H groups in total. The summed E-state index contributed by atoms with van der Waals surface area (Å²) < 4.78 is 16.9. The number of rotatable bonds is 7. The molecule has 5 nitrogen and oxygen atoms in total. The van der Waals surface area contributed by atoms with Crippen molar-refractivity contribution in [3.05, 3.63) is 66.2 Å². The number of ether oxygens (including phenoxy) is 3. The molecule has 4 rings (SSSR count). The summed E-state index contributed by atoms with van der Waals surface area (Å²) in [5.74, 6) is 2.37. The number of fused-ring (bicyclic) bond motifs is 2. The maximum absolute atomic E-state index is 12.1. The van der Waals surface area contributed by atoms with E-state index in [0.717, 1.165) is 33.6 Å². The first-order valence-electron chi connectivity index (χ1n) is 9.55. The van der Waals surface area contributed by atoms with Gasteiger partial charge in [-0.15, -0.1) is 0 Å². The zero-order valence-electron chi connectivity index (χ0n) is 15.6. The highest BCUT2D eigenvalue weighted by atomic mass is 16.6. The van der Waals surface area contributed by atoms with E-state index in [1.54, 1.807) is 0 Å². The second-order valence-electron chi connectivity index (χ2n) is 6.65. The van der Waals surface area contributed by atoms with Crippen LogP contribution in [0, 0.1) is 0 Å². The van der Waals surface area contributed by atoms with Crippen molar-refractivity contribution in [2.24, 2.45) is 0 Å². The lowest BCUT2D eigenvalue weighted by Gasteiger charge is -2.18. The molecular formula is C23H23NO4. The van der Waals surface area contributed by atoms with Gasteiger partial charge in [0.25, 0.3) is 0 Å². The fraction of sp³-hybridized carbons (Fsp3) is 0.261. The molecule has 1 aliphatic rings. The molecule has 0 unspecified atom stereocenters. The SMILES string of the molecule is O=C(CCc1ccc2c(c1)OCCO2)NCCOc1cccc2ccccc12. The molecule has 0 spiro atoms. The fourth-order valence-electron chi connectivity index (χ4n) is 3.26. The first-order valence-corrected chi connectivity index (χ1v) is 9.55. The monoisotopic (exact) mass is 377 g/mol. The molecule has 28 heavy (non-hydrogen) atoms. The highest BCUT2D eigenvalue weighted by Gasteiger charge is 2.12. The minimum atomic E-state index is 0.0106. The van der Waals surface area contributed by atoms with Crippen LogP contribution in [0.5, 0.6) is 17.2 Å². The Bertz CT molecular complexity index is 964. The van der Waals surface area contributed by atoms with Crippen LogP contribution in [0.3, 0.4) is 0 Å². The Morgan fingerprint density at radius 2 is 1.79 bits per heavy atom. The van der Waals surface area contributed by atoms with Crippen LogP contribution in [0.2, 0.25) is 0 Å². The Morgan fingerprint density at radius 3 is 2.71 bits per heavy atom. The maximum Gasteiger partial charge on any atom is 0.220 e. The van der Waals surface area contributed by atoms with Gasteiger partial charge in [0, 0.05) is 11.8 Å². The molecule has 1 amide bonds. The first kappa shape index (κ1) is 18.2. The molecule has 3 aromatic rings. The van der Waals surface area contributed by atoms with Crippen LogP contribution < -0.4 is 19.5 Å². The molecular weight excluding hydrogens is 354 g/mol. The minimum Gasteiger partial charge on any atom is -0.491 e. The Balaban J connectivity index is 1.22. The third kappa shape index (κ3) is 4.36. The van der Waals surface area contributed by atoms with Crippen LogP contribution >= 0.6 is 0 Å². The number of benzene rings is 3. The van der Waals surface area contributed by atoms with Gasteiger partial charge in [0.2, 0.25) is 5.91 Å². The molecule has 3 aromatic carbocycles. The van der Waals surface area contributed by atoms with E-state index in [2.05, 4.69) is 17.4 Å². The molecule has 5 heteroatoms. The van der Waals surface area contributed by atoms with Gasteiger partial charge in [0.15, 0.2) is 11.5 Å². The van der Waals surface area contributed by atoms with E-state index in [4.69, 9.17) is 14.2 Å². The van der Waals surface area contributed by atoms with E-state index in [1.165, 1.54) is 0 Å². The van der Waals surface area contributed by atoms with E-state index < -0.39 is 0 Å². The Labute approximate surface area is 164 Å². The van der Waals surface area contributed by atoms with Gasteiger partial charge in [0.1, 0.15) is 25.6 Å². The van der Waals surface area contributed by atoms with Crippen molar-refractivity contribution in [1.29, 1.82) is 0 Å². The third-order valence-corrected chi connectivity index (χ3v) is 4.68. The summed E-state index contributed by atoms with van der Waals surface area (Å²) in [7, 11) is 0. The standard InChI is InChI=1S/C23H23NO4/c25-23(11-9-17-8-10-21-22(16-17)28-15-14-27-21)24-12-13-26-20-7-3-5-18-4-1-2-6-19(18)20/h1-8,10,16H,9,11-15H2,(H,24,25). The number of carbonyl (C=O) groups is 1. The summed E-state index contributed by atoms with van der Waals surface area (Å²) in [4.78, 5) is 12.1. The summed E-state index contributed by atoms with van der Waals surface area (Å²) in [6.07, 6.45) is 1.08. The maximum atomic E-state index is 12.1. The summed E-state index contributed by atoms with van der Waals surface area (Å²) in [5, 5.41) is 5.13. The zero-order valence-corrected chi connectivity index (χ0v) is 15.6. The van der Waals surface area contributed by atoms with Crippen molar-refractivity contribution in [3.8, 4) is 17.2 Å². The lowest BCUT2D eigenvalue weighted by Crippen LogP contribution is -2.28. The van der Waals surface area contributed by atoms with Gasteiger partial charge < -0.3 is 19.5 Å². The highest BCUT2D eigenvalue weighted by Crippen LogP contribution is 2.31. The highest BCUT2D eigenvalue weighted by molar-refractivity contribution is 5.88. The first-order chi connectivity index (χ1) is 13.8. The average Bonchev–Trinajstić information content (AvgIpc) is 2.75. The lowest BCUT2D eigenvalue weighted by atomic mass is 10.1. The third-order valence-electron chi connectivity index (χ3n) is 4.68. The Hall–Kier alpha value is -3.21. The zero-order chi connectivity index (χ0) is 19.2. The van der Waals surface area contributed by atoms with Crippen LogP contribution in [-0.2, 0) is 11.2 Å². The van der Waals surface area contributed by atoms with Crippen molar-refractivity contribution in [2.45, 2.75) is 12.8 Å². The number of hydrogen-bond acceptors (Lipinski definition) is 4. The molecule has 0 radical (unpaired) electrons. The minimum absolute atomic E-state index is 0.0106. The van der Waals surface area contributed by atoms with Gasteiger partial charge >= 0.3 is 0 Å². The van der Waals surface area contributed by atoms with Crippen molar-refractivity contribution in [1.82, 2.24) is 5.32 Å². The van der Waals surface area contributed by atoms with Crippen LogP contribution in [0.1, 0.15) is 12.0 Å². The lowest BCUT2D eigenvalue weighted by molar-refractivity contribution is -0.121. The van der Waals surface area contributed by atoms with Crippen molar-refractivity contribution < 1.29 is 19.0 Å². The van der Waals surface area contributed by atoms with E-state index in [0.29, 0.717) is 39.2 Å². The van der Waals surface area contributed by atoms with Gasteiger partial charge in [-0.3, -0.25) is 4.79 Å². The van der Waals surface area contributed by atoms with Crippen LogP contribution in [-0.4, -0.2) is 32.3 Å². The van der Waals surface area contributed by atoms with Crippen LogP contribution in [0.4, 0.5) is 0 Å². The average molecular weight is 377 g/mol. The molecule has 0 aliphatic carbocycles. The second-order valence-corrected chi connectivity index (χ2v) is 6.65. The van der Waals surface area contributed by atoms with Crippen LogP contribution in [0.15, 0.2) is 60.7 Å². The van der Waals surface area contributed by atoms with Gasteiger partial charge in [-0.25, -0.2) is 0 Å². The summed E-state index contributed by atoms with van der Waals surface area (Å²) in [6.45, 7) is 2.05. The smallest absolute Gasteiger partial charge is 0.220 e. The van der Waals surface area contributed by atoms with E-state index in [9.17, 15) is 4.79 Å². The summed E-state index contributed by atoms with van der Waals surface area (Å²) >= 11 is 0. The van der Waals surface area contributed by atoms with Crippen LogP contribution in [0.25, 0.3) is 10.8 Å². The molecule has 0 bridgehead atoms. The van der Waals surface area contributed by atoms with Crippen molar-refractivity contribution in [3.63, 3.8) is 0 Å². The predicted molar refractivity (Wildman–Crippen MR) is 108 cm³/mol. The van der Waals surface area contributed by atoms with Gasteiger partial charge in [-0.1, -0.05) is 42.5 Å². The molecule has 0 atom stereocenters. The largest absolute Gasteiger partial charge is 0.491 e. The van der Waals surface area contributed by atoms with E-state index >= 15 is 0 Å². The Morgan fingerprint density at radius 1 is 0.964 bits per heavy atom. The molecule has 1 heterocycles. The number of amides is 1. The summed E-state index contributed by atoms with van der Waals surface area (Å²) in [5.41, 5.74) is 1.06. The van der Waals surface area contributed by atoms with E-state index in [1.807, 2.05) is 48.5 Å². The predicted octanol–water partition coefficient (Wildman–Crippen LogP) is 3.74.